The Labute approximate surface area is 118 Å². The second-order valence-electron chi connectivity index (χ2n) is 4.44. The van der Waals surface area contributed by atoms with Crippen LogP contribution in [0.5, 0.6) is 5.75 Å². The van der Waals surface area contributed by atoms with Crippen LogP contribution in [0.4, 0.5) is 0 Å². The molecule has 0 bridgehead atoms. The number of aryl methyl sites for hydroxylation is 1. The van der Waals surface area contributed by atoms with Crippen molar-refractivity contribution in [2.75, 3.05) is 6.61 Å². The lowest BCUT2D eigenvalue weighted by Crippen LogP contribution is -2.22. The Bertz CT molecular complexity index is 492. The minimum atomic E-state index is -0.995. The fraction of sp³-hybridized carbons (Fsp3) is 0.333. The van der Waals surface area contributed by atoms with E-state index in [9.17, 15) is 9.59 Å². The minimum Gasteiger partial charge on any atom is -0.494 e. The molecule has 0 aliphatic carbocycles. The van der Waals surface area contributed by atoms with Crippen molar-refractivity contribution in [3.8, 4) is 5.75 Å². The number of hydrogen-bond acceptors (Lipinski definition) is 4. The molecule has 5 heteroatoms. The lowest BCUT2D eigenvalue weighted by molar-refractivity contribution is -0.133. The van der Waals surface area contributed by atoms with Gasteiger partial charge in [-0.1, -0.05) is 19.1 Å². The molecule has 0 aliphatic heterocycles. The van der Waals surface area contributed by atoms with Crippen LogP contribution in [-0.2, 0) is 16.0 Å². The third kappa shape index (κ3) is 5.56. The van der Waals surface area contributed by atoms with Gasteiger partial charge in [0.05, 0.1) is 6.61 Å². The second-order valence-corrected chi connectivity index (χ2v) is 4.44. The largest absolute Gasteiger partial charge is 0.494 e. The van der Waals surface area contributed by atoms with E-state index in [2.05, 4.69) is 6.92 Å². The summed E-state index contributed by atoms with van der Waals surface area (Å²) in [7, 11) is 0. The third-order valence-corrected chi connectivity index (χ3v) is 2.66. The average molecular weight is 276 g/mol. The zero-order valence-electron chi connectivity index (χ0n) is 11.6. The first-order chi connectivity index (χ1) is 9.52. The van der Waals surface area contributed by atoms with Crippen LogP contribution >= 0.6 is 0 Å². The van der Waals surface area contributed by atoms with Gasteiger partial charge in [0.1, 0.15) is 5.75 Å². The van der Waals surface area contributed by atoms with Crippen LogP contribution in [0.3, 0.4) is 0 Å². The van der Waals surface area contributed by atoms with Gasteiger partial charge >= 0.3 is 0 Å². The predicted molar refractivity (Wildman–Crippen MR) is 77.0 cm³/mol. The summed E-state index contributed by atoms with van der Waals surface area (Å²) in [6, 6.07) is 7.71. The molecule has 0 saturated carbocycles. The van der Waals surface area contributed by atoms with Crippen LogP contribution in [0.1, 0.15) is 25.3 Å². The molecule has 5 nitrogen and oxygen atoms in total. The highest BCUT2D eigenvalue weighted by molar-refractivity contribution is 6.40. The molecule has 108 valence electrons. The first-order valence-corrected chi connectivity index (χ1v) is 6.54. The molecular formula is C15H20N2O3. The van der Waals surface area contributed by atoms with Crippen molar-refractivity contribution in [2.45, 2.75) is 26.2 Å². The molecular weight excluding hydrogens is 256 g/mol. The lowest BCUT2D eigenvalue weighted by atomic mass is 10.1. The zero-order chi connectivity index (χ0) is 15.0. The topological polar surface area (TPSA) is 95.4 Å². The van der Waals surface area contributed by atoms with Crippen molar-refractivity contribution in [1.29, 1.82) is 0 Å². The van der Waals surface area contributed by atoms with E-state index < -0.39 is 11.7 Å². The van der Waals surface area contributed by atoms with Gasteiger partial charge in [0.15, 0.2) is 0 Å². The molecule has 1 amide bonds. The molecule has 0 heterocycles. The van der Waals surface area contributed by atoms with Gasteiger partial charge < -0.3 is 16.2 Å². The molecule has 1 aromatic rings. The smallest absolute Gasteiger partial charge is 0.289 e. The molecule has 0 fully saturated rings. The van der Waals surface area contributed by atoms with Crippen LogP contribution in [0, 0.1) is 0 Å². The normalized spacial score (nSPS) is 11.2. The molecule has 0 spiro atoms. The zero-order valence-corrected chi connectivity index (χ0v) is 11.6. The Morgan fingerprint density at radius 2 is 1.85 bits per heavy atom. The molecule has 0 atom stereocenters. The first-order valence-electron chi connectivity index (χ1n) is 6.54. The second kappa shape index (κ2) is 7.99. The van der Waals surface area contributed by atoms with Gasteiger partial charge in [-0.2, -0.15) is 0 Å². The fourth-order valence-corrected chi connectivity index (χ4v) is 1.57. The minimum absolute atomic E-state index is 0.347. The van der Waals surface area contributed by atoms with Gasteiger partial charge in [0.2, 0.25) is 5.78 Å². The highest BCUT2D eigenvalue weighted by Gasteiger charge is 2.06. The molecule has 1 rings (SSSR count). The Kier molecular flexibility index (Phi) is 6.29. The number of rotatable bonds is 8. The van der Waals surface area contributed by atoms with E-state index >= 15 is 0 Å². The average Bonchev–Trinajstić information content (AvgIpc) is 2.43. The van der Waals surface area contributed by atoms with Gasteiger partial charge in [-0.3, -0.25) is 9.59 Å². The standard InChI is InChI=1S/C15H20N2O3/c1-2-9-20-13-7-4-11(5-8-13)3-6-12(16)10-14(18)15(17)19/h4-5,7-8,10H,2-3,6,9,16H2,1H3,(H2,17,19)/b12-10-. The summed E-state index contributed by atoms with van der Waals surface area (Å²) < 4.78 is 5.48. The number of nitrogens with two attached hydrogens (primary N) is 2. The summed E-state index contributed by atoms with van der Waals surface area (Å²) in [6.45, 7) is 2.75. The summed E-state index contributed by atoms with van der Waals surface area (Å²) in [5, 5.41) is 0. The van der Waals surface area contributed by atoms with Crippen LogP contribution < -0.4 is 16.2 Å². The predicted octanol–water partition coefficient (Wildman–Crippen LogP) is 1.30. The number of carbonyl (C=O) groups is 2. The number of ether oxygens (including phenoxy) is 1. The Hall–Kier alpha value is -2.30. The molecule has 20 heavy (non-hydrogen) atoms. The van der Waals surface area contributed by atoms with Gasteiger partial charge in [0, 0.05) is 11.8 Å². The van der Waals surface area contributed by atoms with Crippen LogP contribution in [-0.4, -0.2) is 18.3 Å². The number of ketones is 1. The van der Waals surface area contributed by atoms with Gasteiger partial charge in [0.25, 0.3) is 5.91 Å². The number of benzene rings is 1. The highest BCUT2D eigenvalue weighted by atomic mass is 16.5. The molecule has 0 saturated heterocycles. The first kappa shape index (κ1) is 15.8. The monoisotopic (exact) mass is 276 g/mol. The SMILES string of the molecule is CCCOc1ccc(CC/C(N)=C/C(=O)C(N)=O)cc1. The van der Waals surface area contributed by atoms with Crippen molar-refractivity contribution >= 4 is 11.7 Å². The van der Waals surface area contributed by atoms with E-state index in [1.54, 1.807) is 0 Å². The van der Waals surface area contributed by atoms with E-state index in [4.69, 9.17) is 16.2 Å². The highest BCUT2D eigenvalue weighted by Crippen LogP contribution is 2.14. The lowest BCUT2D eigenvalue weighted by Gasteiger charge is -2.06. The van der Waals surface area contributed by atoms with Gasteiger partial charge in [-0.05, 0) is 37.0 Å². The molecule has 0 radical (unpaired) electrons. The number of carbonyl (C=O) groups excluding carboxylic acids is 2. The third-order valence-electron chi connectivity index (χ3n) is 2.66. The van der Waals surface area contributed by atoms with Crippen molar-refractivity contribution in [3.05, 3.63) is 41.6 Å². The van der Waals surface area contributed by atoms with E-state index in [-0.39, 0.29) is 0 Å². The Morgan fingerprint density at radius 3 is 2.40 bits per heavy atom. The fourth-order valence-electron chi connectivity index (χ4n) is 1.57. The molecule has 4 N–H and O–H groups in total. The molecule has 1 aromatic carbocycles. The number of hydrogen-bond donors (Lipinski definition) is 2. The van der Waals surface area contributed by atoms with Crippen LogP contribution in [0.25, 0.3) is 0 Å². The van der Waals surface area contributed by atoms with Crippen molar-refractivity contribution in [2.24, 2.45) is 11.5 Å². The molecule has 0 aliphatic rings. The summed E-state index contributed by atoms with van der Waals surface area (Å²) in [4.78, 5) is 21.7. The van der Waals surface area contributed by atoms with Crippen LogP contribution in [0.2, 0.25) is 0 Å². The van der Waals surface area contributed by atoms with E-state index in [1.165, 1.54) is 0 Å². The van der Waals surface area contributed by atoms with Crippen molar-refractivity contribution in [1.82, 2.24) is 0 Å². The van der Waals surface area contributed by atoms with Gasteiger partial charge in [-0.25, -0.2) is 0 Å². The Balaban J connectivity index is 2.49. The maximum atomic E-state index is 11.1. The van der Waals surface area contributed by atoms with E-state index in [0.717, 1.165) is 23.8 Å². The van der Waals surface area contributed by atoms with E-state index in [1.807, 2.05) is 24.3 Å². The van der Waals surface area contributed by atoms with Crippen molar-refractivity contribution in [3.63, 3.8) is 0 Å². The quantitative estimate of drug-likeness (QED) is 0.552. The summed E-state index contributed by atoms with van der Waals surface area (Å²) in [5.74, 6) is -0.931. The Morgan fingerprint density at radius 1 is 1.20 bits per heavy atom. The number of primary amides is 1. The van der Waals surface area contributed by atoms with Crippen LogP contribution in [0.15, 0.2) is 36.0 Å². The summed E-state index contributed by atoms with van der Waals surface area (Å²) in [6.07, 6.45) is 3.23. The maximum Gasteiger partial charge on any atom is 0.289 e. The maximum absolute atomic E-state index is 11.1. The van der Waals surface area contributed by atoms with Crippen molar-refractivity contribution < 1.29 is 14.3 Å². The summed E-state index contributed by atoms with van der Waals surface area (Å²) >= 11 is 0. The van der Waals surface area contributed by atoms with E-state index in [0.29, 0.717) is 25.1 Å². The van der Waals surface area contributed by atoms with Gasteiger partial charge in [-0.15, -0.1) is 0 Å². The summed E-state index contributed by atoms with van der Waals surface area (Å²) in [5.41, 5.74) is 11.9. The number of amides is 1. The number of allylic oxidation sites excluding steroid dienone is 1. The molecule has 0 unspecified atom stereocenters. The molecule has 0 aromatic heterocycles.